The Labute approximate surface area is 122 Å². The van der Waals surface area contributed by atoms with Gasteiger partial charge in [0, 0.05) is 18.6 Å². The van der Waals surface area contributed by atoms with Gasteiger partial charge in [0.25, 0.3) is 0 Å². The predicted molar refractivity (Wildman–Crippen MR) is 82.2 cm³/mol. The lowest BCUT2D eigenvalue weighted by atomic mass is 9.97. The molecule has 20 heavy (non-hydrogen) atoms. The average molecular weight is 277 g/mol. The highest BCUT2D eigenvalue weighted by Crippen LogP contribution is 2.22. The number of hydrogen-bond acceptors (Lipinski definition) is 3. The molecule has 1 aliphatic rings. The highest BCUT2D eigenvalue weighted by molar-refractivity contribution is 5.26. The summed E-state index contributed by atoms with van der Waals surface area (Å²) in [6, 6.07) is 9.08. The van der Waals surface area contributed by atoms with Crippen molar-refractivity contribution in [3.8, 4) is 5.75 Å². The number of aliphatic hydroxyl groups is 1. The van der Waals surface area contributed by atoms with Crippen LogP contribution in [0.4, 0.5) is 0 Å². The number of hydrogen-bond donors (Lipinski definition) is 1. The van der Waals surface area contributed by atoms with E-state index in [-0.39, 0.29) is 0 Å². The fraction of sp³-hybridized carbons (Fsp3) is 0.647. The Bertz CT molecular complexity index is 394. The lowest BCUT2D eigenvalue weighted by Crippen LogP contribution is -2.48. The van der Waals surface area contributed by atoms with Crippen LogP contribution in [0, 0.1) is 6.92 Å². The average Bonchev–Trinajstić information content (AvgIpc) is 2.42. The zero-order valence-electron chi connectivity index (χ0n) is 12.9. The van der Waals surface area contributed by atoms with Crippen LogP contribution in [-0.4, -0.2) is 41.3 Å². The van der Waals surface area contributed by atoms with Gasteiger partial charge in [-0.15, -0.1) is 0 Å². The van der Waals surface area contributed by atoms with Crippen molar-refractivity contribution in [3.05, 3.63) is 29.8 Å². The van der Waals surface area contributed by atoms with E-state index in [2.05, 4.69) is 25.7 Å². The van der Waals surface area contributed by atoms with Gasteiger partial charge in [-0.1, -0.05) is 24.1 Å². The third-order valence-electron chi connectivity index (χ3n) is 4.26. The van der Waals surface area contributed by atoms with Crippen molar-refractivity contribution >= 4 is 0 Å². The largest absolute Gasteiger partial charge is 0.491 e. The fourth-order valence-electron chi connectivity index (χ4n) is 2.96. The van der Waals surface area contributed by atoms with Crippen molar-refractivity contribution in [1.82, 2.24) is 4.90 Å². The molecule has 0 saturated carbocycles. The van der Waals surface area contributed by atoms with Crippen LogP contribution in [0.2, 0.25) is 0 Å². The first-order chi connectivity index (χ1) is 9.56. The minimum Gasteiger partial charge on any atom is -0.491 e. The Morgan fingerprint density at radius 3 is 2.40 bits per heavy atom. The highest BCUT2D eigenvalue weighted by Gasteiger charge is 2.26. The first-order valence-corrected chi connectivity index (χ1v) is 7.69. The van der Waals surface area contributed by atoms with Crippen molar-refractivity contribution in [1.29, 1.82) is 0 Å². The maximum atomic E-state index is 10.2. The molecule has 0 bridgehead atoms. The molecule has 1 fully saturated rings. The number of likely N-dealkylation sites (tertiary alicyclic amines) is 1. The number of rotatable bonds is 5. The molecule has 112 valence electrons. The van der Waals surface area contributed by atoms with Crippen LogP contribution in [0.5, 0.6) is 5.75 Å². The third-order valence-corrected chi connectivity index (χ3v) is 4.26. The van der Waals surface area contributed by atoms with E-state index in [9.17, 15) is 5.11 Å². The first-order valence-electron chi connectivity index (χ1n) is 7.69. The molecule has 2 rings (SSSR count). The summed E-state index contributed by atoms with van der Waals surface area (Å²) in [5, 5.41) is 10.2. The molecule has 1 aromatic carbocycles. The molecule has 0 aliphatic carbocycles. The molecule has 3 atom stereocenters. The molecule has 0 amide bonds. The van der Waals surface area contributed by atoms with Gasteiger partial charge in [0.15, 0.2) is 0 Å². The molecular formula is C17H27NO2. The van der Waals surface area contributed by atoms with Crippen molar-refractivity contribution < 1.29 is 9.84 Å². The summed E-state index contributed by atoms with van der Waals surface area (Å²) in [5.41, 5.74) is 1.22. The van der Waals surface area contributed by atoms with E-state index in [1.54, 1.807) is 0 Å². The first kappa shape index (κ1) is 15.3. The van der Waals surface area contributed by atoms with Crippen LogP contribution in [0.3, 0.4) is 0 Å². The molecule has 0 radical (unpaired) electrons. The Kier molecular flexibility index (Phi) is 5.44. The van der Waals surface area contributed by atoms with Crippen LogP contribution in [0.1, 0.15) is 38.7 Å². The minimum atomic E-state index is -0.431. The van der Waals surface area contributed by atoms with Crippen LogP contribution in [0.15, 0.2) is 24.3 Å². The van der Waals surface area contributed by atoms with E-state index in [4.69, 9.17) is 4.74 Å². The van der Waals surface area contributed by atoms with Crippen molar-refractivity contribution in [2.75, 3.05) is 13.2 Å². The zero-order valence-corrected chi connectivity index (χ0v) is 12.9. The lowest BCUT2D eigenvalue weighted by molar-refractivity contribution is 0.0209. The van der Waals surface area contributed by atoms with Gasteiger partial charge in [0.1, 0.15) is 18.5 Å². The number of β-amino-alcohol motifs (C(OH)–C–C–N with tert-alkyl or cyclic N) is 1. The fourth-order valence-corrected chi connectivity index (χ4v) is 2.96. The Balaban J connectivity index is 1.79. The van der Waals surface area contributed by atoms with Crippen LogP contribution in [-0.2, 0) is 0 Å². The molecule has 0 unspecified atom stereocenters. The van der Waals surface area contributed by atoms with Gasteiger partial charge in [0.2, 0.25) is 0 Å². The van der Waals surface area contributed by atoms with Gasteiger partial charge < -0.3 is 9.84 Å². The summed E-state index contributed by atoms with van der Waals surface area (Å²) >= 11 is 0. The molecule has 3 nitrogen and oxygen atoms in total. The number of aryl methyl sites for hydroxylation is 1. The molecule has 0 aromatic heterocycles. The van der Waals surface area contributed by atoms with Crippen LogP contribution >= 0.6 is 0 Å². The summed E-state index contributed by atoms with van der Waals surface area (Å²) in [4.78, 5) is 2.41. The van der Waals surface area contributed by atoms with E-state index in [0.717, 1.165) is 5.75 Å². The number of ether oxygens (including phenoxy) is 1. The summed E-state index contributed by atoms with van der Waals surface area (Å²) in [5.74, 6) is 0.828. The number of nitrogens with zero attached hydrogens (tertiary/aromatic N) is 1. The van der Waals surface area contributed by atoms with E-state index in [1.165, 1.54) is 24.8 Å². The quantitative estimate of drug-likeness (QED) is 0.898. The normalized spacial score (nSPS) is 25.4. The zero-order chi connectivity index (χ0) is 14.5. The van der Waals surface area contributed by atoms with Crippen LogP contribution < -0.4 is 4.74 Å². The second kappa shape index (κ2) is 7.09. The molecule has 1 N–H and O–H groups in total. The van der Waals surface area contributed by atoms with Gasteiger partial charge in [-0.2, -0.15) is 0 Å². The number of benzene rings is 1. The Hall–Kier alpha value is -1.06. The smallest absolute Gasteiger partial charge is 0.119 e. The Morgan fingerprint density at radius 1 is 1.20 bits per heavy atom. The maximum absolute atomic E-state index is 10.2. The predicted octanol–water partition coefficient (Wildman–Crippen LogP) is 3.00. The molecule has 3 heteroatoms. The lowest BCUT2D eigenvalue weighted by Gasteiger charge is -2.40. The van der Waals surface area contributed by atoms with E-state index < -0.39 is 6.10 Å². The van der Waals surface area contributed by atoms with E-state index in [0.29, 0.717) is 25.2 Å². The van der Waals surface area contributed by atoms with Gasteiger partial charge in [0.05, 0.1) is 0 Å². The topological polar surface area (TPSA) is 32.7 Å². The summed E-state index contributed by atoms with van der Waals surface area (Å²) in [6.07, 6.45) is 3.33. The molecule has 0 spiro atoms. The van der Waals surface area contributed by atoms with Gasteiger partial charge in [-0.3, -0.25) is 4.90 Å². The summed E-state index contributed by atoms with van der Waals surface area (Å²) < 4.78 is 5.66. The van der Waals surface area contributed by atoms with Gasteiger partial charge in [-0.25, -0.2) is 0 Å². The molecule has 1 heterocycles. The summed E-state index contributed by atoms with van der Waals surface area (Å²) in [7, 11) is 0. The molecule has 1 saturated heterocycles. The van der Waals surface area contributed by atoms with Gasteiger partial charge in [-0.05, 0) is 45.7 Å². The van der Waals surface area contributed by atoms with E-state index >= 15 is 0 Å². The van der Waals surface area contributed by atoms with Crippen LogP contribution in [0.25, 0.3) is 0 Å². The maximum Gasteiger partial charge on any atom is 0.119 e. The number of piperidine rings is 1. The Morgan fingerprint density at radius 2 is 1.80 bits per heavy atom. The van der Waals surface area contributed by atoms with E-state index in [1.807, 2.05) is 24.3 Å². The van der Waals surface area contributed by atoms with Crippen molar-refractivity contribution in [3.63, 3.8) is 0 Å². The molecule has 1 aliphatic heterocycles. The number of aliphatic hydroxyl groups excluding tert-OH is 1. The second-order valence-electron chi connectivity index (χ2n) is 6.10. The molecule has 1 aromatic rings. The van der Waals surface area contributed by atoms with Crippen molar-refractivity contribution in [2.24, 2.45) is 0 Å². The summed E-state index contributed by atoms with van der Waals surface area (Å²) in [6.45, 7) is 7.62. The van der Waals surface area contributed by atoms with Gasteiger partial charge >= 0.3 is 0 Å². The van der Waals surface area contributed by atoms with Crippen molar-refractivity contribution in [2.45, 2.75) is 58.2 Å². The standard InChI is InChI=1S/C17H27NO2/c1-13-7-9-17(10-8-13)20-12-16(19)11-18-14(2)5-4-6-15(18)3/h7-10,14-16,19H,4-6,11-12H2,1-3H3/t14-,15-,16-/m0/s1. The minimum absolute atomic E-state index is 0.360. The monoisotopic (exact) mass is 277 g/mol. The molecular weight excluding hydrogens is 250 g/mol. The second-order valence-corrected chi connectivity index (χ2v) is 6.10. The SMILES string of the molecule is Cc1ccc(OC[C@@H](O)CN2[C@@H](C)CCC[C@@H]2C)cc1. The third kappa shape index (κ3) is 4.22. The highest BCUT2D eigenvalue weighted by atomic mass is 16.5.